The average molecular weight is 569 g/mol. The maximum atomic E-state index is 13.1. The number of aromatic nitrogens is 2. The highest BCUT2D eigenvalue weighted by atomic mass is 16.6. The summed E-state index contributed by atoms with van der Waals surface area (Å²) in [6.07, 6.45) is 4.50. The fraction of sp³-hybridized carbons (Fsp3) is 0.667. The van der Waals surface area contributed by atoms with Crippen LogP contribution in [0.1, 0.15) is 70.9 Å². The first kappa shape index (κ1) is 29.3. The predicted octanol–water partition coefficient (Wildman–Crippen LogP) is 2.61. The second-order valence-corrected chi connectivity index (χ2v) is 12.9. The van der Waals surface area contributed by atoms with Crippen molar-refractivity contribution in [3.05, 3.63) is 34.2 Å². The van der Waals surface area contributed by atoms with Crippen LogP contribution in [0.4, 0.5) is 4.79 Å². The van der Waals surface area contributed by atoms with E-state index in [1.54, 1.807) is 16.5 Å². The number of hydrogen-bond donors (Lipinski definition) is 1. The number of ether oxygens (including phenoxy) is 1. The fourth-order valence-corrected chi connectivity index (χ4v) is 6.58. The lowest BCUT2D eigenvalue weighted by atomic mass is 9.89. The molecule has 0 bridgehead atoms. The van der Waals surface area contributed by atoms with E-state index in [2.05, 4.69) is 15.1 Å². The number of piperidine rings is 1. The van der Waals surface area contributed by atoms with E-state index in [-0.39, 0.29) is 30.2 Å². The van der Waals surface area contributed by atoms with Crippen molar-refractivity contribution in [2.75, 3.05) is 33.2 Å². The minimum absolute atomic E-state index is 0.230. The first-order chi connectivity index (χ1) is 19.4. The molecule has 0 radical (unpaired) electrons. The van der Waals surface area contributed by atoms with Crippen molar-refractivity contribution in [2.24, 2.45) is 7.05 Å². The number of fused-ring (bicyclic) bond motifs is 1. The van der Waals surface area contributed by atoms with Gasteiger partial charge in [0.25, 0.3) is 0 Å². The van der Waals surface area contributed by atoms with Gasteiger partial charge < -0.3 is 9.64 Å². The molecular weight excluding hydrogens is 524 g/mol. The molecule has 5 rings (SSSR count). The number of amides is 3. The van der Waals surface area contributed by atoms with Crippen LogP contribution in [-0.2, 0) is 27.9 Å². The Balaban J connectivity index is 1.15. The molecule has 3 heterocycles. The summed E-state index contributed by atoms with van der Waals surface area (Å²) in [5, 5.41) is 2.36. The van der Waals surface area contributed by atoms with Gasteiger partial charge in [-0.2, -0.15) is 0 Å². The molecule has 3 aliphatic rings. The van der Waals surface area contributed by atoms with E-state index in [0.29, 0.717) is 18.0 Å². The van der Waals surface area contributed by atoms with Crippen molar-refractivity contribution in [3.63, 3.8) is 0 Å². The molecule has 41 heavy (non-hydrogen) atoms. The molecule has 2 aliphatic heterocycles. The number of aryl methyl sites for hydroxylation is 1. The van der Waals surface area contributed by atoms with Gasteiger partial charge in [-0.1, -0.05) is 6.07 Å². The van der Waals surface area contributed by atoms with Gasteiger partial charge >= 0.3 is 11.8 Å². The first-order valence-electron chi connectivity index (χ1n) is 14.9. The second kappa shape index (κ2) is 11.6. The van der Waals surface area contributed by atoms with Crippen LogP contribution < -0.4 is 11.0 Å². The molecule has 11 nitrogen and oxygen atoms in total. The van der Waals surface area contributed by atoms with Gasteiger partial charge in [0.1, 0.15) is 11.6 Å². The zero-order valence-electron chi connectivity index (χ0n) is 25.0. The molecule has 11 heteroatoms. The molecule has 1 aromatic heterocycles. The van der Waals surface area contributed by atoms with Gasteiger partial charge in [-0.15, -0.1) is 0 Å². The van der Waals surface area contributed by atoms with Crippen LogP contribution in [0.25, 0.3) is 11.0 Å². The number of piperazine rings is 1. The molecule has 1 saturated carbocycles. The van der Waals surface area contributed by atoms with Crippen LogP contribution in [-0.4, -0.2) is 92.7 Å². The Labute approximate surface area is 241 Å². The Bertz CT molecular complexity index is 1360. The van der Waals surface area contributed by atoms with Gasteiger partial charge in [0, 0.05) is 65.3 Å². The SMILES string of the molecule is CN(C(=O)OC(C)(C)C)C1CCC(N2CCN(Cc3ccc4c(c3)n(C)c(=O)n4C3CCC(=O)NC3=O)CC2)CC1. The summed E-state index contributed by atoms with van der Waals surface area (Å²) < 4.78 is 8.68. The zero-order valence-corrected chi connectivity index (χ0v) is 25.0. The lowest BCUT2D eigenvalue weighted by Crippen LogP contribution is -2.52. The third-order valence-electron chi connectivity index (χ3n) is 8.90. The minimum Gasteiger partial charge on any atom is -0.444 e. The summed E-state index contributed by atoms with van der Waals surface area (Å²) in [4.78, 5) is 56.4. The second-order valence-electron chi connectivity index (χ2n) is 12.9. The maximum absolute atomic E-state index is 13.1. The quantitative estimate of drug-likeness (QED) is 0.553. The highest BCUT2D eigenvalue weighted by Gasteiger charge is 2.33. The minimum atomic E-state index is -0.671. The molecule has 1 aromatic carbocycles. The Morgan fingerprint density at radius 3 is 2.32 bits per heavy atom. The number of carbonyl (C=O) groups is 3. The van der Waals surface area contributed by atoms with Crippen molar-refractivity contribution in [3.8, 4) is 0 Å². The van der Waals surface area contributed by atoms with Gasteiger partial charge in [0.15, 0.2) is 0 Å². The van der Waals surface area contributed by atoms with E-state index in [4.69, 9.17) is 4.74 Å². The van der Waals surface area contributed by atoms with Crippen LogP contribution in [0.2, 0.25) is 0 Å². The fourth-order valence-electron chi connectivity index (χ4n) is 6.58. The van der Waals surface area contributed by atoms with E-state index in [1.165, 1.54) is 4.57 Å². The van der Waals surface area contributed by atoms with E-state index in [1.807, 2.05) is 46.0 Å². The summed E-state index contributed by atoms with van der Waals surface area (Å²) >= 11 is 0. The molecule has 224 valence electrons. The Morgan fingerprint density at radius 1 is 1.00 bits per heavy atom. The lowest BCUT2D eigenvalue weighted by molar-refractivity contribution is -0.135. The third-order valence-corrected chi connectivity index (χ3v) is 8.90. The molecule has 0 spiro atoms. The smallest absolute Gasteiger partial charge is 0.410 e. The van der Waals surface area contributed by atoms with Gasteiger partial charge in [0.2, 0.25) is 11.8 Å². The van der Waals surface area contributed by atoms with Crippen LogP contribution in [0, 0.1) is 0 Å². The molecule has 1 unspecified atom stereocenters. The van der Waals surface area contributed by atoms with E-state index in [9.17, 15) is 19.2 Å². The number of imide groups is 1. The maximum Gasteiger partial charge on any atom is 0.410 e. The number of nitrogens with zero attached hydrogens (tertiary/aromatic N) is 5. The van der Waals surface area contributed by atoms with Crippen molar-refractivity contribution in [1.82, 2.24) is 29.2 Å². The molecule has 2 aromatic rings. The molecule has 3 amide bonds. The topological polar surface area (TPSA) is 109 Å². The third kappa shape index (κ3) is 6.35. The molecule has 1 aliphatic carbocycles. The summed E-state index contributed by atoms with van der Waals surface area (Å²) in [6, 6.07) is 6.14. The normalized spacial score (nSPS) is 24.9. The van der Waals surface area contributed by atoms with E-state index < -0.39 is 17.6 Å². The average Bonchev–Trinajstić information content (AvgIpc) is 3.17. The van der Waals surface area contributed by atoms with E-state index in [0.717, 1.165) is 69.5 Å². The number of rotatable bonds is 5. The van der Waals surface area contributed by atoms with Crippen molar-refractivity contribution >= 4 is 28.9 Å². The lowest BCUT2D eigenvalue weighted by Gasteiger charge is -2.43. The Morgan fingerprint density at radius 2 is 1.68 bits per heavy atom. The van der Waals surface area contributed by atoms with Gasteiger partial charge in [-0.3, -0.25) is 33.8 Å². The number of nitrogens with one attached hydrogen (secondary N) is 1. The van der Waals surface area contributed by atoms with Crippen molar-refractivity contribution < 1.29 is 19.1 Å². The number of carbonyl (C=O) groups excluding carboxylic acids is 3. The summed E-state index contributed by atoms with van der Waals surface area (Å²) in [6.45, 7) is 10.5. The largest absolute Gasteiger partial charge is 0.444 e. The van der Waals surface area contributed by atoms with Crippen LogP contribution >= 0.6 is 0 Å². The molecule has 1 atom stereocenters. The van der Waals surface area contributed by atoms with Crippen LogP contribution in [0.15, 0.2) is 23.0 Å². The van der Waals surface area contributed by atoms with Crippen LogP contribution in [0.5, 0.6) is 0 Å². The summed E-state index contributed by atoms with van der Waals surface area (Å²) in [5.74, 6) is -0.707. The standard InChI is InChI=1S/C30H44N6O5/c1-30(2,3)41-29(40)32(4)21-7-9-22(10-8-21)35-16-14-34(15-17-35)19-20-6-11-23-25(18-20)33(5)28(39)36(23)24-12-13-26(37)31-27(24)38/h6,11,18,21-22,24H,7-10,12-17,19H2,1-5H3,(H,31,37,38). The number of hydrogen-bond acceptors (Lipinski definition) is 7. The number of imidazole rings is 1. The molecular formula is C30H44N6O5. The monoisotopic (exact) mass is 568 g/mol. The number of benzene rings is 1. The van der Waals surface area contributed by atoms with Gasteiger partial charge in [-0.25, -0.2) is 9.59 Å². The predicted molar refractivity (Wildman–Crippen MR) is 155 cm³/mol. The van der Waals surface area contributed by atoms with Gasteiger partial charge in [-0.05, 0) is 70.6 Å². The zero-order chi connectivity index (χ0) is 29.5. The van der Waals surface area contributed by atoms with Crippen molar-refractivity contribution in [1.29, 1.82) is 0 Å². The summed E-state index contributed by atoms with van der Waals surface area (Å²) in [7, 11) is 3.59. The van der Waals surface area contributed by atoms with Crippen molar-refractivity contribution in [2.45, 2.75) is 89.6 Å². The molecule has 2 saturated heterocycles. The highest BCUT2D eigenvalue weighted by Crippen LogP contribution is 2.28. The first-order valence-corrected chi connectivity index (χ1v) is 14.9. The summed E-state index contributed by atoms with van der Waals surface area (Å²) in [5.41, 5.74) is 1.92. The van der Waals surface area contributed by atoms with Crippen LogP contribution in [0.3, 0.4) is 0 Å². The Kier molecular flexibility index (Phi) is 8.29. The Hall–Kier alpha value is -3.18. The highest BCUT2D eigenvalue weighted by molar-refractivity contribution is 6.00. The van der Waals surface area contributed by atoms with E-state index >= 15 is 0 Å². The molecule has 1 N–H and O–H groups in total. The molecule has 3 fully saturated rings. The van der Waals surface area contributed by atoms with Gasteiger partial charge in [0.05, 0.1) is 11.0 Å².